The van der Waals surface area contributed by atoms with Crippen LogP contribution in [0.2, 0.25) is 0 Å². The second kappa shape index (κ2) is 6.31. The van der Waals surface area contributed by atoms with E-state index >= 15 is 0 Å². The summed E-state index contributed by atoms with van der Waals surface area (Å²) in [6.07, 6.45) is 0. The van der Waals surface area contributed by atoms with Crippen molar-refractivity contribution < 1.29 is 4.74 Å². The zero-order valence-electron chi connectivity index (χ0n) is 12.8. The van der Waals surface area contributed by atoms with Crippen LogP contribution >= 0.6 is 0 Å². The van der Waals surface area contributed by atoms with Gasteiger partial charge in [0.05, 0.1) is 18.5 Å². The average molecular weight is 308 g/mol. The Hall–Kier alpha value is -3.15. The number of azo groups is 1. The van der Waals surface area contributed by atoms with Crippen molar-refractivity contribution in [2.45, 2.75) is 6.92 Å². The molecular weight excluding hydrogens is 292 g/mol. The fourth-order valence-electron chi connectivity index (χ4n) is 2.21. The Labute approximate surface area is 132 Å². The van der Waals surface area contributed by atoms with Gasteiger partial charge in [-0.2, -0.15) is 5.11 Å². The summed E-state index contributed by atoms with van der Waals surface area (Å²) in [5, 5.41) is 13.6. The molecule has 0 fully saturated rings. The van der Waals surface area contributed by atoms with Crippen LogP contribution in [-0.4, -0.2) is 17.3 Å². The lowest BCUT2D eigenvalue weighted by Gasteiger charge is -2.06. The largest absolute Gasteiger partial charge is 0.496 e. The number of ether oxygens (including phenoxy) is 1. The van der Waals surface area contributed by atoms with E-state index < -0.39 is 0 Å². The highest BCUT2D eigenvalue weighted by molar-refractivity contribution is 5.76. The molecule has 1 aromatic heterocycles. The molecule has 0 spiro atoms. The number of aromatic amines is 2. The van der Waals surface area contributed by atoms with Crippen molar-refractivity contribution in [3.8, 4) is 17.0 Å². The predicted octanol–water partition coefficient (Wildman–Crippen LogP) is 4.10. The van der Waals surface area contributed by atoms with Crippen LogP contribution in [0, 0.1) is 6.92 Å². The van der Waals surface area contributed by atoms with Crippen molar-refractivity contribution >= 4 is 11.4 Å². The summed E-state index contributed by atoms with van der Waals surface area (Å²) in [4.78, 5) is 12.0. The fraction of sp³-hybridized carbons (Fsp3) is 0.118. The molecule has 116 valence electrons. The molecule has 0 bridgehead atoms. The first-order valence-electron chi connectivity index (χ1n) is 7.11. The van der Waals surface area contributed by atoms with Crippen LogP contribution in [0.1, 0.15) is 5.56 Å². The van der Waals surface area contributed by atoms with E-state index in [1.807, 2.05) is 55.5 Å². The molecule has 2 N–H and O–H groups in total. The van der Waals surface area contributed by atoms with Gasteiger partial charge in [0, 0.05) is 5.56 Å². The molecule has 0 aliphatic rings. The maximum absolute atomic E-state index is 12.0. The predicted molar refractivity (Wildman–Crippen MR) is 88.8 cm³/mol. The molecule has 0 amide bonds. The first-order chi connectivity index (χ1) is 11.2. The number of benzene rings is 2. The summed E-state index contributed by atoms with van der Waals surface area (Å²) in [5.41, 5.74) is 2.99. The van der Waals surface area contributed by atoms with Crippen molar-refractivity contribution in [3.05, 3.63) is 64.4 Å². The highest BCUT2D eigenvalue weighted by Crippen LogP contribution is 2.33. The number of methoxy groups -OCH3 is 1. The molecule has 6 heteroatoms. The van der Waals surface area contributed by atoms with Crippen LogP contribution in [0.15, 0.2) is 63.6 Å². The lowest BCUT2D eigenvalue weighted by molar-refractivity contribution is 0.416. The Balaban J connectivity index is 2.02. The first-order valence-corrected chi connectivity index (χ1v) is 7.11. The minimum atomic E-state index is -0.332. The monoisotopic (exact) mass is 308 g/mol. The maximum atomic E-state index is 12.0. The number of nitrogens with zero attached hydrogens (tertiary/aromatic N) is 2. The van der Waals surface area contributed by atoms with Gasteiger partial charge in [0.25, 0.3) is 5.56 Å². The Morgan fingerprint density at radius 1 is 0.957 bits per heavy atom. The average Bonchev–Trinajstić information content (AvgIpc) is 2.95. The van der Waals surface area contributed by atoms with Gasteiger partial charge in [-0.25, -0.2) is 0 Å². The van der Waals surface area contributed by atoms with Crippen LogP contribution in [0.4, 0.5) is 11.4 Å². The zero-order chi connectivity index (χ0) is 16.2. The molecule has 0 radical (unpaired) electrons. The van der Waals surface area contributed by atoms with Crippen molar-refractivity contribution in [1.29, 1.82) is 0 Å². The topological polar surface area (TPSA) is 82.6 Å². The maximum Gasteiger partial charge on any atom is 0.292 e. The van der Waals surface area contributed by atoms with E-state index in [0.717, 1.165) is 11.1 Å². The summed E-state index contributed by atoms with van der Waals surface area (Å²) >= 11 is 0. The number of aromatic nitrogens is 2. The number of hydrogen-bond donors (Lipinski definition) is 2. The quantitative estimate of drug-likeness (QED) is 0.711. The second-order valence-corrected chi connectivity index (χ2v) is 5.04. The number of rotatable bonds is 4. The lowest BCUT2D eigenvalue weighted by Crippen LogP contribution is -1.96. The van der Waals surface area contributed by atoms with E-state index in [9.17, 15) is 4.79 Å². The first kappa shape index (κ1) is 14.8. The van der Waals surface area contributed by atoms with Crippen molar-refractivity contribution in [1.82, 2.24) is 10.2 Å². The molecule has 23 heavy (non-hydrogen) atoms. The number of para-hydroxylation sites is 1. The molecule has 6 nitrogen and oxygen atoms in total. The normalized spacial score (nSPS) is 11.0. The number of nitrogens with one attached hydrogen (secondary N) is 2. The fourth-order valence-corrected chi connectivity index (χ4v) is 2.21. The molecule has 0 saturated heterocycles. The Kier molecular flexibility index (Phi) is 4.05. The number of hydrogen-bond acceptors (Lipinski definition) is 4. The number of aryl methyl sites for hydroxylation is 1. The summed E-state index contributed by atoms with van der Waals surface area (Å²) in [5.74, 6) is 0.648. The van der Waals surface area contributed by atoms with Crippen molar-refractivity contribution in [2.75, 3.05) is 7.11 Å². The molecule has 0 saturated carbocycles. The SMILES string of the molecule is COc1ccccc1-c1[nH][nH]c(=O)c1N=Nc1ccc(C)cc1. The summed E-state index contributed by atoms with van der Waals surface area (Å²) in [6.45, 7) is 2.00. The molecule has 3 aromatic rings. The smallest absolute Gasteiger partial charge is 0.292 e. The lowest BCUT2D eigenvalue weighted by atomic mass is 10.1. The van der Waals surface area contributed by atoms with Gasteiger partial charge >= 0.3 is 0 Å². The van der Waals surface area contributed by atoms with E-state index in [0.29, 0.717) is 17.1 Å². The third-order valence-corrected chi connectivity index (χ3v) is 3.43. The standard InChI is InChI=1S/C17H16N4O2/c1-11-7-9-12(10-8-11)18-20-16-15(19-21-17(16)22)13-5-3-4-6-14(13)23-2/h3-10H,1-2H3,(H2,19,21,22). The van der Waals surface area contributed by atoms with E-state index in [4.69, 9.17) is 4.74 Å². The third-order valence-electron chi connectivity index (χ3n) is 3.43. The highest BCUT2D eigenvalue weighted by atomic mass is 16.5. The minimum Gasteiger partial charge on any atom is -0.496 e. The molecule has 3 rings (SSSR count). The van der Waals surface area contributed by atoms with Gasteiger partial charge in [-0.05, 0) is 31.2 Å². The molecular formula is C17H16N4O2. The van der Waals surface area contributed by atoms with E-state index in [2.05, 4.69) is 20.4 Å². The van der Waals surface area contributed by atoms with Crippen molar-refractivity contribution in [3.63, 3.8) is 0 Å². The van der Waals surface area contributed by atoms with E-state index in [-0.39, 0.29) is 11.2 Å². The van der Waals surface area contributed by atoms with Gasteiger partial charge in [-0.15, -0.1) is 5.11 Å². The van der Waals surface area contributed by atoms with Crippen molar-refractivity contribution in [2.24, 2.45) is 10.2 Å². The molecule has 0 atom stereocenters. The van der Waals surface area contributed by atoms with Crippen LogP contribution in [0.3, 0.4) is 0 Å². The van der Waals surface area contributed by atoms with Crippen LogP contribution in [0.25, 0.3) is 11.3 Å². The molecule has 1 heterocycles. The third kappa shape index (κ3) is 3.06. The van der Waals surface area contributed by atoms with E-state index in [1.165, 1.54) is 0 Å². The molecule has 0 aliphatic heterocycles. The summed E-state index contributed by atoms with van der Waals surface area (Å²) in [7, 11) is 1.58. The number of H-pyrrole nitrogens is 2. The van der Waals surface area contributed by atoms with Gasteiger partial charge in [0.15, 0.2) is 5.69 Å². The van der Waals surface area contributed by atoms with Crippen LogP contribution in [-0.2, 0) is 0 Å². The van der Waals surface area contributed by atoms with Gasteiger partial charge in [0.2, 0.25) is 0 Å². The van der Waals surface area contributed by atoms with Gasteiger partial charge < -0.3 is 4.74 Å². The molecule has 2 aromatic carbocycles. The van der Waals surface area contributed by atoms with E-state index in [1.54, 1.807) is 7.11 Å². The summed E-state index contributed by atoms with van der Waals surface area (Å²) in [6, 6.07) is 15.0. The summed E-state index contributed by atoms with van der Waals surface area (Å²) < 4.78 is 5.33. The molecule has 0 aliphatic carbocycles. The van der Waals surface area contributed by atoms with Crippen LogP contribution in [0.5, 0.6) is 5.75 Å². The van der Waals surface area contributed by atoms with Crippen LogP contribution < -0.4 is 10.3 Å². The van der Waals surface area contributed by atoms with Gasteiger partial charge in [0.1, 0.15) is 5.75 Å². The minimum absolute atomic E-state index is 0.218. The zero-order valence-corrected chi connectivity index (χ0v) is 12.8. The van der Waals surface area contributed by atoms with Gasteiger partial charge in [-0.1, -0.05) is 29.8 Å². The Morgan fingerprint density at radius 3 is 2.43 bits per heavy atom. The Bertz CT molecular complexity index is 891. The van der Waals surface area contributed by atoms with Gasteiger partial charge in [-0.3, -0.25) is 15.0 Å². The molecule has 0 unspecified atom stereocenters. The highest BCUT2D eigenvalue weighted by Gasteiger charge is 2.15. The second-order valence-electron chi connectivity index (χ2n) is 5.04. The Morgan fingerprint density at radius 2 is 1.70 bits per heavy atom.